The Hall–Kier alpha value is -2.94. The third-order valence-electron chi connectivity index (χ3n) is 5.71. The van der Waals surface area contributed by atoms with E-state index in [0.717, 1.165) is 25.1 Å². The summed E-state index contributed by atoms with van der Waals surface area (Å²) in [6.45, 7) is 3.62. The van der Waals surface area contributed by atoms with Crippen molar-refractivity contribution in [3.05, 3.63) is 57.2 Å². The highest BCUT2D eigenvalue weighted by Gasteiger charge is 2.27. The highest BCUT2D eigenvalue weighted by Crippen LogP contribution is 2.27. The van der Waals surface area contributed by atoms with E-state index in [1.807, 2.05) is 13.0 Å². The molecule has 1 atom stereocenters. The van der Waals surface area contributed by atoms with Crippen LogP contribution in [0.2, 0.25) is 0 Å². The van der Waals surface area contributed by atoms with Gasteiger partial charge in [-0.1, -0.05) is 0 Å². The standard InChI is InChI=1S/C23H24BrFN4O3/c1-3-32-23(31)14-5-4-10-29(13-14)15-6-9-20(26-12-15)27-18-11-16-19(28(2)22(18)30)8-7-17(24)21(16)25/h6-9,11-12,14H,3-5,10,13H2,1-2H3,(H,26,27)/t14-/m1/s1. The minimum Gasteiger partial charge on any atom is -0.466 e. The first-order valence-corrected chi connectivity index (χ1v) is 11.3. The summed E-state index contributed by atoms with van der Waals surface area (Å²) in [4.78, 5) is 31.4. The molecular weight excluding hydrogens is 479 g/mol. The SMILES string of the molecule is CCOC(=O)[C@@H]1CCCN(c2ccc(Nc3cc4c(F)c(Br)ccc4n(C)c3=O)nc2)C1. The van der Waals surface area contributed by atoms with Gasteiger partial charge in [-0.25, -0.2) is 9.37 Å². The molecular formula is C23H24BrFN4O3. The first-order valence-electron chi connectivity index (χ1n) is 10.5. The number of rotatable bonds is 5. The van der Waals surface area contributed by atoms with Gasteiger partial charge in [0, 0.05) is 25.5 Å². The van der Waals surface area contributed by atoms with Crippen LogP contribution in [0, 0.1) is 11.7 Å². The van der Waals surface area contributed by atoms with Gasteiger partial charge in [0.05, 0.1) is 34.4 Å². The smallest absolute Gasteiger partial charge is 0.310 e. The molecule has 7 nitrogen and oxygen atoms in total. The summed E-state index contributed by atoms with van der Waals surface area (Å²) in [6.07, 6.45) is 3.43. The van der Waals surface area contributed by atoms with E-state index in [1.165, 1.54) is 10.6 Å². The van der Waals surface area contributed by atoms with Crippen LogP contribution in [-0.4, -0.2) is 35.2 Å². The Bertz CT molecular complexity index is 1210. The van der Waals surface area contributed by atoms with Crippen LogP contribution < -0.4 is 15.8 Å². The number of anilines is 3. The van der Waals surface area contributed by atoms with Crippen LogP contribution in [-0.2, 0) is 16.6 Å². The number of halogens is 2. The minimum absolute atomic E-state index is 0.142. The molecule has 9 heteroatoms. The zero-order chi connectivity index (χ0) is 22.8. The van der Waals surface area contributed by atoms with E-state index in [2.05, 4.69) is 31.1 Å². The summed E-state index contributed by atoms with van der Waals surface area (Å²) in [5.74, 6) is -0.254. The fourth-order valence-corrected chi connectivity index (χ4v) is 4.37. The Morgan fingerprint density at radius 3 is 2.88 bits per heavy atom. The maximum absolute atomic E-state index is 14.6. The molecule has 1 N–H and O–H groups in total. The molecule has 0 aliphatic carbocycles. The number of benzene rings is 1. The molecule has 0 unspecified atom stereocenters. The van der Waals surface area contributed by atoms with Gasteiger partial charge in [0.1, 0.15) is 17.3 Å². The quantitative estimate of drug-likeness (QED) is 0.522. The molecule has 168 valence electrons. The summed E-state index contributed by atoms with van der Waals surface area (Å²) in [7, 11) is 1.61. The molecule has 0 radical (unpaired) electrons. The third-order valence-corrected chi connectivity index (χ3v) is 6.32. The molecule has 0 saturated carbocycles. The van der Waals surface area contributed by atoms with Crippen molar-refractivity contribution in [1.29, 1.82) is 0 Å². The van der Waals surface area contributed by atoms with Crippen molar-refractivity contribution >= 4 is 50.0 Å². The Morgan fingerprint density at radius 1 is 1.34 bits per heavy atom. The number of nitrogens with one attached hydrogen (secondary N) is 1. The lowest BCUT2D eigenvalue weighted by Crippen LogP contribution is -2.39. The Balaban J connectivity index is 1.55. The molecule has 1 fully saturated rings. The van der Waals surface area contributed by atoms with Crippen molar-refractivity contribution in [2.24, 2.45) is 13.0 Å². The monoisotopic (exact) mass is 502 g/mol. The lowest BCUT2D eigenvalue weighted by molar-refractivity contribution is -0.148. The molecule has 3 heterocycles. The highest BCUT2D eigenvalue weighted by atomic mass is 79.9. The largest absolute Gasteiger partial charge is 0.466 e. The number of fused-ring (bicyclic) bond motifs is 1. The van der Waals surface area contributed by atoms with Crippen molar-refractivity contribution in [2.45, 2.75) is 19.8 Å². The van der Waals surface area contributed by atoms with Gasteiger partial charge < -0.3 is 19.5 Å². The zero-order valence-corrected chi connectivity index (χ0v) is 19.5. The van der Waals surface area contributed by atoms with Gasteiger partial charge in [-0.3, -0.25) is 9.59 Å². The fraction of sp³-hybridized carbons (Fsp3) is 0.348. The lowest BCUT2D eigenvalue weighted by Gasteiger charge is -2.33. The van der Waals surface area contributed by atoms with Crippen molar-refractivity contribution in [2.75, 3.05) is 29.9 Å². The first-order chi connectivity index (χ1) is 15.4. The van der Waals surface area contributed by atoms with Gasteiger partial charge in [0.25, 0.3) is 5.56 Å². The topological polar surface area (TPSA) is 76.5 Å². The first kappa shape index (κ1) is 22.3. The maximum atomic E-state index is 14.6. The number of hydrogen-bond acceptors (Lipinski definition) is 6. The maximum Gasteiger partial charge on any atom is 0.310 e. The summed E-state index contributed by atoms with van der Waals surface area (Å²) in [6, 6.07) is 8.44. The Labute approximate surface area is 193 Å². The third kappa shape index (κ3) is 4.34. The van der Waals surface area contributed by atoms with Gasteiger partial charge >= 0.3 is 5.97 Å². The molecule has 0 bridgehead atoms. The molecule has 2 aromatic heterocycles. The summed E-state index contributed by atoms with van der Waals surface area (Å²) in [5, 5.41) is 3.34. The molecule has 1 saturated heterocycles. The van der Waals surface area contributed by atoms with Crippen LogP contribution >= 0.6 is 15.9 Å². The van der Waals surface area contributed by atoms with Crippen LogP contribution in [0.4, 0.5) is 21.6 Å². The van der Waals surface area contributed by atoms with Gasteiger partial charge in [0.15, 0.2) is 0 Å². The average molecular weight is 503 g/mol. The number of ether oxygens (including phenoxy) is 1. The summed E-state index contributed by atoms with van der Waals surface area (Å²) >= 11 is 3.19. The van der Waals surface area contributed by atoms with Crippen molar-refractivity contribution in [1.82, 2.24) is 9.55 Å². The number of pyridine rings is 2. The average Bonchev–Trinajstić information content (AvgIpc) is 2.80. The van der Waals surface area contributed by atoms with Crippen molar-refractivity contribution < 1.29 is 13.9 Å². The minimum atomic E-state index is -0.425. The van der Waals surface area contributed by atoms with Crippen LogP contribution in [0.5, 0.6) is 0 Å². The number of nitrogens with zero attached hydrogens (tertiary/aromatic N) is 3. The number of hydrogen-bond donors (Lipinski definition) is 1. The molecule has 1 aromatic carbocycles. The predicted octanol–water partition coefficient (Wildman–Crippen LogP) is 4.36. The zero-order valence-electron chi connectivity index (χ0n) is 17.9. The van der Waals surface area contributed by atoms with Gasteiger partial charge in [-0.15, -0.1) is 0 Å². The number of carbonyl (C=O) groups is 1. The Morgan fingerprint density at radius 2 is 2.16 bits per heavy atom. The van der Waals surface area contributed by atoms with Crippen molar-refractivity contribution in [3.8, 4) is 0 Å². The van der Waals surface area contributed by atoms with E-state index in [4.69, 9.17) is 4.74 Å². The molecule has 1 aliphatic rings. The second-order valence-electron chi connectivity index (χ2n) is 7.78. The van der Waals surface area contributed by atoms with Crippen LogP contribution in [0.1, 0.15) is 19.8 Å². The normalized spacial score (nSPS) is 16.2. The lowest BCUT2D eigenvalue weighted by atomic mass is 9.98. The van der Waals surface area contributed by atoms with E-state index < -0.39 is 5.82 Å². The highest BCUT2D eigenvalue weighted by molar-refractivity contribution is 9.10. The van der Waals surface area contributed by atoms with Gasteiger partial charge in [0.2, 0.25) is 0 Å². The number of esters is 1. The molecule has 0 spiro atoms. The van der Waals surface area contributed by atoms with Crippen LogP contribution in [0.3, 0.4) is 0 Å². The molecule has 4 rings (SSSR count). The van der Waals surface area contributed by atoms with E-state index in [-0.39, 0.29) is 23.1 Å². The molecule has 0 amide bonds. The number of piperidine rings is 1. The summed E-state index contributed by atoms with van der Waals surface area (Å²) in [5.41, 5.74) is 1.35. The molecule has 3 aromatic rings. The second-order valence-corrected chi connectivity index (χ2v) is 8.63. The van der Waals surface area contributed by atoms with E-state index >= 15 is 0 Å². The van der Waals surface area contributed by atoms with Gasteiger partial charge in [-0.2, -0.15) is 0 Å². The van der Waals surface area contributed by atoms with E-state index in [1.54, 1.807) is 31.4 Å². The second kappa shape index (κ2) is 9.28. The van der Waals surface area contributed by atoms with Crippen molar-refractivity contribution in [3.63, 3.8) is 0 Å². The van der Waals surface area contributed by atoms with Crippen LogP contribution in [0.25, 0.3) is 10.9 Å². The van der Waals surface area contributed by atoms with Crippen LogP contribution in [0.15, 0.2) is 45.8 Å². The molecule has 32 heavy (non-hydrogen) atoms. The number of carbonyl (C=O) groups excluding carboxylic acids is 1. The fourth-order valence-electron chi connectivity index (χ4n) is 4.02. The summed E-state index contributed by atoms with van der Waals surface area (Å²) < 4.78 is 21.5. The number of aromatic nitrogens is 2. The van der Waals surface area contributed by atoms with E-state index in [9.17, 15) is 14.0 Å². The predicted molar refractivity (Wildman–Crippen MR) is 126 cm³/mol. The van der Waals surface area contributed by atoms with E-state index in [0.29, 0.717) is 34.3 Å². The molecule has 1 aliphatic heterocycles. The number of aryl methyl sites for hydroxylation is 1. The Kier molecular flexibility index (Phi) is 6.45. The van der Waals surface area contributed by atoms with Gasteiger partial charge in [-0.05, 0) is 66.0 Å².